The van der Waals surface area contributed by atoms with Crippen LogP contribution in [0.3, 0.4) is 0 Å². The Hall–Kier alpha value is -5.72. The first kappa shape index (κ1) is 36.3. The molecule has 8 rings (SSSR count). The molecule has 0 aliphatic carbocycles. The van der Waals surface area contributed by atoms with E-state index in [0.717, 1.165) is 61.0 Å². The number of rotatable bonds is 10. The van der Waals surface area contributed by atoms with Crippen molar-refractivity contribution < 1.29 is 23.2 Å². The molecule has 5 aromatic rings. The lowest BCUT2D eigenvalue weighted by Gasteiger charge is -2.34. The average Bonchev–Trinajstić information content (AvgIpc) is 3.91. The lowest BCUT2D eigenvalue weighted by molar-refractivity contribution is -0.134. The topological polar surface area (TPSA) is 129 Å². The molecular formula is C42H44F2N8O3. The maximum Gasteiger partial charge on any atom is 0.234 e. The van der Waals surface area contributed by atoms with Crippen LogP contribution in [0, 0.1) is 24.5 Å². The number of carbonyl (C=O) groups is 3. The number of amides is 3. The van der Waals surface area contributed by atoms with Gasteiger partial charge in [0.1, 0.15) is 11.3 Å². The van der Waals surface area contributed by atoms with Crippen molar-refractivity contribution in [2.24, 2.45) is 5.92 Å². The molecule has 55 heavy (non-hydrogen) atoms. The fraction of sp³-hybridized carbons (Fsp3) is 0.381. The van der Waals surface area contributed by atoms with Crippen molar-refractivity contribution in [2.75, 3.05) is 31.1 Å². The summed E-state index contributed by atoms with van der Waals surface area (Å²) in [5.41, 5.74) is 6.99. The fourth-order valence-corrected chi connectivity index (χ4v) is 8.43. The number of anilines is 1. The zero-order valence-corrected chi connectivity index (χ0v) is 30.9. The second-order valence-electron chi connectivity index (χ2n) is 15.0. The van der Waals surface area contributed by atoms with E-state index >= 15 is 8.78 Å². The summed E-state index contributed by atoms with van der Waals surface area (Å²) < 4.78 is 33.0. The highest BCUT2D eigenvalue weighted by molar-refractivity contribution is 6.01. The molecule has 3 aliphatic rings. The first-order chi connectivity index (χ1) is 26.7. The van der Waals surface area contributed by atoms with Gasteiger partial charge in [-0.05, 0) is 103 Å². The first-order valence-electron chi connectivity index (χ1n) is 19.2. The van der Waals surface area contributed by atoms with Crippen LogP contribution in [0.25, 0.3) is 27.6 Å². The molecule has 2 saturated heterocycles. The monoisotopic (exact) mass is 746 g/mol. The average molecular weight is 747 g/mol. The largest absolute Gasteiger partial charge is 0.369 e. The number of benzene rings is 3. The third kappa shape index (κ3) is 7.65. The summed E-state index contributed by atoms with van der Waals surface area (Å²) in [6, 6.07) is 13.4. The molecule has 13 heteroatoms. The number of aryl methyl sites for hydroxylation is 3. The van der Waals surface area contributed by atoms with Crippen LogP contribution in [0.4, 0.5) is 14.5 Å². The van der Waals surface area contributed by atoms with Gasteiger partial charge in [-0.1, -0.05) is 35.6 Å². The molecule has 1 unspecified atom stereocenters. The van der Waals surface area contributed by atoms with E-state index < -0.39 is 5.92 Å². The molecular weight excluding hydrogens is 703 g/mol. The van der Waals surface area contributed by atoms with Gasteiger partial charge in [0, 0.05) is 56.2 Å². The van der Waals surface area contributed by atoms with Crippen LogP contribution in [0.15, 0.2) is 67.1 Å². The SMILES string of the molecule is Cc1cc(CCC2CCN(c3ccc(C4CCC(=O)NC4=O)cc3F)CC2)ccc1-c1cc(C2=CCCN(C(=O)CCn3ccnn3)C2)c(F)c2[nH]ncc12. The minimum absolute atomic E-state index is 0.00597. The van der Waals surface area contributed by atoms with Crippen molar-refractivity contribution in [1.29, 1.82) is 0 Å². The number of fused-ring (bicyclic) bond motifs is 1. The van der Waals surface area contributed by atoms with Crippen LogP contribution in [-0.4, -0.2) is 74.0 Å². The summed E-state index contributed by atoms with van der Waals surface area (Å²) in [6.07, 6.45) is 12.5. The number of aromatic amines is 1. The third-order valence-electron chi connectivity index (χ3n) is 11.5. The molecule has 3 aliphatic heterocycles. The molecule has 0 spiro atoms. The molecule has 11 nitrogen and oxygen atoms in total. The van der Waals surface area contributed by atoms with Crippen molar-refractivity contribution in [2.45, 2.75) is 70.8 Å². The lowest BCUT2D eigenvalue weighted by atomic mass is 9.88. The summed E-state index contributed by atoms with van der Waals surface area (Å²) in [6.45, 7) is 4.96. The third-order valence-corrected chi connectivity index (χ3v) is 11.5. The van der Waals surface area contributed by atoms with Gasteiger partial charge in [0.2, 0.25) is 17.7 Å². The summed E-state index contributed by atoms with van der Waals surface area (Å²) in [5, 5.41) is 17.9. The van der Waals surface area contributed by atoms with Crippen molar-refractivity contribution >= 4 is 39.9 Å². The predicted octanol–water partition coefficient (Wildman–Crippen LogP) is 6.48. The van der Waals surface area contributed by atoms with Crippen LogP contribution in [-0.2, 0) is 27.3 Å². The molecule has 2 fully saturated rings. The van der Waals surface area contributed by atoms with Gasteiger partial charge in [-0.15, -0.1) is 5.10 Å². The van der Waals surface area contributed by atoms with Crippen LogP contribution in [0.5, 0.6) is 0 Å². The Morgan fingerprint density at radius 2 is 1.84 bits per heavy atom. The molecule has 2 aromatic heterocycles. The van der Waals surface area contributed by atoms with E-state index in [0.29, 0.717) is 72.5 Å². The highest BCUT2D eigenvalue weighted by Gasteiger charge is 2.30. The molecule has 5 heterocycles. The number of hydrogen-bond acceptors (Lipinski definition) is 7. The van der Waals surface area contributed by atoms with Gasteiger partial charge >= 0.3 is 0 Å². The molecule has 3 amide bonds. The summed E-state index contributed by atoms with van der Waals surface area (Å²) >= 11 is 0. The normalized spacial score (nSPS) is 18.2. The van der Waals surface area contributed by atoms with Crippen LogP contribution in [0.2, 0.25) is 0 Å². The Morgan fingerprint density at radius 3 is 2.60 bits per heavy atom. The maximum atomic E-state index is 16.1. The number of imide groups is 1. The highest BCUT2D eigenvalue weighted by atomic mass is 19.1. The summed E-state index contributed by atoms with van der Waals surface area (Å²) in [7, 11) is 0. The van der Waals surface area contributed by atoms with E-state index in [2.05, 4.69) is 55.8 Å². The molecule has 0 saturated carbocycles. The van der Waals surface area contributed by atoms with E-state index in [1.54, 1.807) is 34.2 Å². The molecule has 284 valence electrons. The zero-order chi connectivity index (χ0) is 38.1. The zero-order valence-electron chi connectivity index (χ0n) is 30.9. The minimum Gasteiger partial charge on any atom is -0.369 e. The Morgan fingerprint density at radius 1 is 0.982 bits per heavy atom. The lowest BCUT2D eigenvalue weighted by Crippen LogP contribution is -2.39. The number of nitrogens with zero attached hydrogens (tertiary/aromatic N) is 6. The van der Waals surface area contributed by atoms with Gasteiger partial charge in [-0.3, -0.25) is 29.5 Å². The standard InChI is InChI=1S/C42H44F2N8O3/c1-26-21-28(5-4-27-12-17-50(18-13-27)37-10-7-29(22-36(37)43)32-9-11-38(53)47-42(32)55)6-8-31(26)34-23-33(40(44)41-35(34)24-46-48-41)30-3-2-16-51(25-30)39(54)14-19-52-20-15-45-49-52/h3,6-8,10,15,20-24,27,32H,2,4-5,9,11-14,16-19,25H2,1H3,(H,46,48)(H,47,53,55). The van der Waals surface area contributed by atoms with Gasteiger partial charge in [-0.25, -0.2) is 8.78 Å². The number of piperidine rings is 2. The number of carbonyl (C=O) groups excluding carboxylic acids is 3. The molecule has 2 N–H and O–H groups in total. The van der Waals surface area contributed by atoms with Crippen LogP contribution in [0.1, 0.15) is 73.1 Å². The van der Waals surface area contributed by atoms with E-state index in [4.69, 9.17) is 0 Å². The van der Waals surface area contributed by atoms with Crippen molar-refractivity contribution in [3.63, 3.8) is 0 Å². The van der Waals surface area contributed by atoms with Crippen molar-refractivity contribution in [1.82, 2.24) is 35.4 Å². The van der Waals surface area contributed by atoms with Crippen LogP contribution < -0.4 is 10.2 Å². The van der Waals surface area contributed by atoms with Gasteiger partial charge in [0.15, 0.2) is 5.82 Å². The second kappa shape index (κ2) is 15.6. The van der Waals surface area contributed by atoms with E-state index in [1.807, 2.05) is 18.2 Å². The van der Waals surface area contributed by atoms with E-state index in [-0.39, 0.29) is 35.8 Å². The number of aromatic nitrogens is 5. The highest BCUT2D eigenvalue weighted by Crippen LogP contribution is 2.38. The molecule has 3 aromatic carbocycles. The molecule has 1 atom stereocenters. The number of H-pyrrole nitrogens is 1. The first-order valence-corrected chi connectivity index (χ1v) is 19.2. The quantitative estimate of drug-likeness (QED) is 0.157. The molecule has 0 radical (unpaired) electrons. The van der Waals surface area contributed by atoms with Crippen molar-refractivity contribution in [3.05, 3.63) is 101 Å². The minimum atomic E-state index is -0.504. The van der Waals surface area contributed by atoms with E-state index in [9.17, 15) is 14.4 Å². The molecule has 0 bridgehead atoms. The van der Waals surface area contributed by atoms with Gasteiger partial charge in [0.05, 0.1) is 30.5 Å². The second-order valence-corrected chi connectivity index (χ2v) is 15.0. The number of halogens is 2. The maximum absolute atomic E-state index is 16.1. The van der Waals surface area contributed by atoms with Gasteiger partial charge in [-0.2, -0.15) is 5.10 Å². The Balaban J connectivity index is 0.905. The Bertz CT molecular complexity index is 2280. The Kier molecular flexibility index (Phi) is 10.3. The van der Waals surface area contributed by atoms with Crippen LogP contribution >= 0.6 is 0 Å². The van der Waals surface area contributed by atoms with Crippen molar-refractivity contribution in [3.8, 4) is 11.1 Å². The number of hydrogen-bond donors (Lipinski definition) is 2. The van der Waals surface area contributed by atoms with Gasteiger partial charge < -0.3 is 9.80 Å². The summed E-state index contributed by atoms with van der Waals surface area (Å²) in [4.78, 5) is 40.8. The smallest absolute Gasteiger partial charge is 0.234 e. The van der Waals surface area contributed by atoms with Gasteiger partial charge in [0.25, 0.3) is 0 Å². The predicted molar refractivity (Wildman–Crippen MR) is 205 cm³/mol. The fourth-order valence-electron chi connectivity index (χ4n) is 8.43. The van der Waals surface area contributed by atoms with E-state index in [1.165, 1.54) is 11.6 Å². The summed E-state index contributed by atoms with van der Waals surface area (Å²) in [5.74, 6) is -1.33. The Labute approximate surface area is 317 Å². The number of nitrogens with one attached hydrogen (secondary N) is 2.